The van der Waals surface area contributed by atoms with Gasteiger partial charge in [0, 0.05) is 0 Å². The molecule has 22 heavy (non-hydrogen) atoms. The molecule has 2 heteroatoms. The second kappa shape index (κ2) is 9.91. The Morgan fingerprint density at radius 2 is 0.909 bits per heavy atom. The molecule has 0 unspecified atom stereocenters. The summed E-state index contributed by atoms with van der Waals surface area (Å²) in [6.45, 7) is 14.2. The van der Waals surface area contributed by atoms with Gasteiger partial charge in [-0.1, -0.05) is 38.5 Å². The molecule has 2 aliphatic rings. The zero-order valence-electron chi connectivity index (χ0n) is 16.1. The van der Waals surface area contributed by atoms with E-state index in [1.54, 1.807) is 0 Å². The second-order valence-electron chi connectivity index (χ2n) is 9.28. The summed E-state index contributed by atoms with van der Waals surface area (Å²) < 4.78 is 7.44. The van der Waals surface area contributed by atoms with E-state index in [1.807, 2.05) is 0 Å². The van der Waals surface area contributed by atoms with E-state index < -0.39 is 0 Å². The summed E-state index contributed by atoms with van der Waals surface area (Å²) in [6.07, 6.45) is 15.0. The van der Waals surface area contributed by atoms with Crippen LogP contribution in [-0.2, 0) is 4.74 Å². The van der Waals surface area contributed by atoms with Crippen LogP contribution < -0.4 is 0 Å². The monoisotopic (exact) mass is 416 g/mol. The van der Waals surface area contributed by atoms with Crippen molar-refractivity contribution in [3.05, 3.63) is 0 Å². The average Bonchev–Trinajstić information content (AvgIpc) is 2.37. The fourth-order valence-corrected chi connectivity index (χ4v) is 10.2. The molecule has 1 nitrogen and oxygen atoms in total. The minimum absolute atomic E-state index is 0.182. The molecule has 2 radical (unpaired) electrons. The normalized spacial score (nSPS) is 22.1. The van der Waals surface area contributed by atoms with E-state index in [-0.39, 0.29) is 21.1 Å². The Morgan fingerprint density at radius 3 is 1.14 bits per heavy atom. The van der Waals surface area contributed by atoms with Crippen molar-refractivity contribution in [3.63, 3.8) is 0 Å². The third-order valence-electron chi connectivity index (χ3n) is 4.24. The maximum absolute atomic E-state index is 6.13. The van der Waals surface area contributed by atoms with E-state index in [2.05, 4.69) is 41.5 Å². The second-order valence-corrected chi connectivity index (χ2v) is 18.6. The molecule has 2 aliphatic carbocycles. The standard InChI is InChI=1S/C12H22O.2C4H9.Sn/c1-3-7-11(8-4-1)13-12-9-5-2-6-10-12;2*1-4(2)3;/h11-12H,1-10H2;2*1-3H3;. The molecule has 2 fully saturated rings. The molecule has 0 N–H and O–H groups in total. The number of rotatable bonds is 2. The van der Waals surface area contributed by atoms with Gasteiger partial charge in [0.1, 0.15) is 0 Å². The first-order valence-electron chi connectivity index (χ1n) is 9.60. The first-order valence-corrected chi connectivity index (χ1v) is 12.5. The summed E-state index contributed by atoms with van der Waals surface area (Å²) in [5, 5.41) is 0. The SMILES string of the molecule is C1CCC(OC2CCCCC2)CC1.C[C](C)(C)[Sn][C](C)(C)C. The average molecular weight is 415 g/mol. The van der Waals surface area contributed by atoms with Gasteiger partial charge in [-0.05, 0) is 25.7 Å². The summed E-state index contributed by atoms with van der Waals surface area (Å²) in [5.41, 5.74) is 0. The van der Waals surface area contributed by atoms with E-state index in [4.69, 9.17) is 4.74 Å². The van der Waals surface area contributed by atoms with Gasteiger partial charge >= 0.3 is 69.5 Å². The van der Waals surface area contributed by atoms with E-state index in [0.29, 0.717) is 19.1 Å². The predicted molar refractivity (Wildman–Crippen MR) is 100 cm³/mol. The van der Waals surface area contributed by atoms with Crippen molar-refractivity contribution in [3.8, 4) is 0 Å². The van der Waals surface area contributed by atoms with Gasteiger partial charge in [-0.25, -0.2) is 0 Å². The molecule has 130 valence electrons. The Balaban J connectivity index is 0.000000239. The molecule has 2 rings (SSSR count). The van der Waals surface area contributed by atoms with Crippen molar-refractivity contribution in [2.75, 3.05) is 0 Å². The maximum atomic E-state index is 6.13. The Kier molecular flexibility index (Phi) is 9.37. The van der Waals surface area contributed by atoms with Gasteiger partial charge in [0.25, 0.3) is 0 Å². The summed E-state index contributed by atoms with van der Waals surface area (Å²) >= 11 is -0.182. The molecular formula is C20H40OSn. The predicted octanol–water partition coefficient (Wildman–Crippen LogP) is 6.80. The zero-order valence-corrected chi connectivity index (χ0v) is 19.0. The zero-order chi connectivity index (χ0) is 16.6. The van der Waals surface area contributed by atoms with Gasteiger partial charge in [0.05, 0.1) is 12.2 Å². The molecule has 0 aromatic rings. The third-order valence-corrected chi connectivity index (χ3v) is 8.52. The summed E-state index contributed by atoms with van der Waals surface area (Å²) in [6, 6.07) is 0. The van der Waals surface area contributed by atoms with Crippen molar-refractivity contribution in [2.45, 2.75) is 125 Å². The molecule has 0 bridgehead atoms. The van der Waals surface area contributed by atoms with Gasteiger partial charge < -0.3 is 4.74 Å². The molecule has 0 amide bonds. The first kappa shape index (κ1) is 20.8. The Hall–Kier alpha value is 0.759. The van der Waals surface area contributed by atoms with E-state index in [0.717, 1.165) is 0 Å². The summed E-state index contributed by atoms with van der Waals surface area (Å²) in [7, 11) is 0. The minimum atomic E-state index is -0.182. The van der Waals surface area contributed by atoms with Gasteiger partial charge in [-0.15, -0.1) is 0 Å². The van der Waals surface area contributed by atoms with Gasteiger partial charge in [0.2, 0.25) is 0 Å². The number of hydrogen-bond donors (Lipinski definition) is 0. The fourth-order valence-electron chi connectivity index (χ4n) is 3.80. The van der Waals surface area contributed by atoms with Gasteiger partial charge in [-0.2, -0.15) is 0 Å². The molecule has 0 aliphatic heterocycles. The van der Waals surface area contributed by atoms with Crippen molar-refractivity contribution >= 4 is 21.1 Å². The van der Waals surface area contributed by atoms with Crippen LogP contribution in [0.3, 0.4) is 0 Å². The van der Waals surface area contributed by atoms with E-state index in [9.17, 15) is 0 Å². The van der Waals surface area contributed by atoms with Crippen molar-refractivity contribution in [2.24, 2.45) is 0 Å². The quantitative estimate of drug-likeness (QED) is 0.451. The van der Waals surface area contributed by atoms with E-state index in [1.165, 1.54) is 64.2 Å². The summed E-state index contributed by atoms with van der Waals surface area (Å²) in [5.74, 6) is 0. The van der Waals surface area contributed by atoms with Crippen molar-refractivity contribution < 1.29 is 4.74 Å². The Labute approximate surface area is 150 Å². The van der Waals surface area contributed by atoms with Crippen LogP contribution in [-0.4, -0.2) is 33.4 Å². The van der Waals surface area contributed by atoms with Crippen LogP contribution in [0, 0.1) is 0 Å². The van der Waals surface area contributed by atoms with Crippen LogP contribution in [0.4, 0.5) is 0 Å². The molecular weight excluding hydrogens is 375 g/mol. The molecule has 0 aromatic heterocycles. The van der Waals surface area contributed by atoms with Crippen molar-refractivity contribution in [1.82, 2.24) is 0 Å². The van der Waals surface area contributed by atoms with Gasteiger partial charge in [0.15, 0.2) is 0 Å². The summed E-state index contributed by atoms with van der Waals surface area (Å²) in [4.78, 5) is 0. The number of ether oxygens (including phenoxy) is 1. The molecule has 0 atom stereocenters. The van der Waals surface area contributed by atoms with Gasteiger partial charge in [-0.3, -0.25) is 0 Å². The molecule has 0 aromatic carbocycles. The van der Waals surface area contributed by atoms with Crippen LogP contribution in [0.25, 0.3) is 0 Å². The van der Waals surface area contributed by atoms with Crippen LogP contribution >= 0.6 is 0 Å². The number of hydrogen-bond acceptors (Lipinski definition) is 1. The first-order chi connectivity index (χ1) is 10.2. The fraction of sp³-hybridized carbons (Fsp3) is 1.00. The molecule has 0 spiro atoms. The Morgan fingerprint density at radius 1 is 0.591 bits per heavy atom. The van der Waals surface area contributed by atoms with Crippen LogP contribution in [0.15, 0.2) is 0 Å². The molecule has 2 saturated carbocycles. The van der Waals surface area contributed by atoms with Crippen LogP contribution in [0.1, 0.15) is 106 Å². The van der Waals surface area contributed by atoms with Crippen molar-refractivity contribution in [1.29, 1.82) is 0 Å². The van der Waals surface area contributed by atoms with Crippen LogP contribution in [0.5, 0.6) is 0 Å². The molecule has 0 saturated heterocycles. The van der Waals surface area contributed by atoms with Crippen LogP contribution in [0.2, 0.25) is 6.86 Å². The third kappa shape index (κ3) is 11.3. The Bertz CT molecular complexity index is 247. The molecule has 0 heterocycles. The van der Waals surface area contributed by atoms with E-state index >= 15 is 0 Å². The topological polar surface area (TPSA) is 9.23 Å².